The molecule has 2 heterocycles. The lowest BCUT2D eigenvalue weighted by molar-refractivity contribution is -0.142. The Morgan fingerprint density at radius 3 is 2.46 bits per heavy atom. The molecule has 1 aromatic rings. The summed E-state index contributed by atoms with van der Waals surface area (Å²) in [6.45, 7) is 2.15. The molecular weight excluding hydrogens is 320 g/mol. The molecule has 3 amide bonds. The summed E-state index contributed by atoms with van der Waals surface area (Å²) in [5, 5.41) is 2.42. The van der Waals surface area contributed by atoms with Crippen molar-refractivity contribution in [3.05, 3.63) is 29.8 Å². The Hall–Kier alpha value is -2.22. The van der Waals surface area contributed by atoms with Crippen LogP contribution in [0.1, 0.15) is 12.8 Å². The molecule has 3 rings (SSSR count). The first kappa shape index (κ1) is 16.6. The number of ether oxygens (including phenoxy) is 1. The molecule has 130 valence electrons. The van der Waals surface area contributed by atoms with E-state index in [1.807, 2.05) is 0 Å². The van der Waals surface area contributed by atoms with E-state index in [1.165, 1.54) is 11.0 Å². The summed E-state index contributed by atoms with van der Waals surface area (Å²) >= 11 is 0. The Bertz CT molecular complexity index is 627. The van der Waals surface area contributed by atoms with E-state index in [2.05, 4.69) is 5.32 Å². The molecular formula is C16H19F2N3O3. The van der Waals surface area contributed by atoms with Gasteiger partial charge < -0.3 is 19.9 Å². The molecule has 0 radical (unpaired) electrons. The van der Waals surface area contributed by atoms with Crippen LogP contribution in [0.5, 0.6) is 0 Å². The predicted molar refractivity (Wildman–Crippen MR) is 82.5 cm³/mol. The zero-order valence-corrected chi connectivity index (χ0v) is 13.1. The van der Waals surface area contributed by atoms with Crippen molar-refractivity contribution in [2.45, 2.75) is 18.9 Å². The summed E-state index contributed by atoms with van der Waals surface area (Å²) in [4.78, 5) is 27.6. The summed E-state index contributed by atoms with van der Waals surface area (Å²) in [6.07, 6.45) is 1.27. The summed E-state index contributed by atoms with van der Waals surface area (Å²) in [5.74, 6) is -1.56. The van der Waals surface area contributed by atoms with Crippen LogP contribution in [-0.2, 0) is 9.53 Å². The summed E-state index contributed by atoms with van der Waals surface area (Å²) in [7, 11) is 0. The van der Waals surface area contributed by atoms with Crippen LogP contribution < -0.4 is 5.32 Å². The van der Waals surface area contributed by atoms with Gasteiger partial charge in [-0.25, -0.2) is 13.6 Å². The number of benzene rings is 1. The highest BCUT2D eigenvalue weighted by Crippen LogP contribution is 2.18. The highest BCUT2D eigenvalue weighted by molar-refractivity contribution is 5.89. The van der Waals surface area contributed by atoms with Gasteiger partial charge in [-0.1, -0.05) is 0 Å². The van der Waals surface area contributed by atoms with E-state index in [9.17, 15) is 18.4 Å². The van der Waals surface area contributed by atoms with E-state index in [0.29, 0.717) is 38.9 Å². The van der Waals surface area contributed by atoms with Gasteiger partial charge in [0.25, 0.3) is 5.91 Å². The van der Waals surface area contributed by atoms with Crippen LogP contribution in [0.4, 0.5) is 19.3 Å². The largest absolute Gasteiger partial charge is 0.368 e. The molecule has 2 fully saturated rings. The topological polar surface area (TPSA) is 61.9 Å². The van der Waals surface area contributed by atoms with Gasteiger partial charge in [-0.05, 0) is 25.0 Å². The summed E-state index contributed by atoms with van der Waals surface area (Å²) in [6, 6.07) is 2.51. The number of carbonyl (C=O) groups excluding carboxylic acids is 2. The van der Waals surface area contributed by atoms with Crippen molar-refractivity contribution >= 4 is 17.6 Å². The van der Waals surface area contributed by atoms with Crippen molar-refractivity contribution in [1.29, 1.82) is 0 Å². The number of hydrogen-bond acceptors (Lipinski definition) is 3. The van der Waals surface area contributed by atoms with Crippen molar-refractivity contribution in [1.82, 2.24) is 9.80 Å². The fourth-order valence-corrected chi connectivity index (χ4v) is 2.89. The van der Waals surface area contributed by atoms with Crippen LogP contribution >= 0.6 is 0 Å². The zero-order valence-electron chi connectivity index (χ0n) is 13.1. The minimum absolute atomic E-state index is 0.0304. The lowest BCUT2D eigenvalue weighted by Crippen LogP contribution is -2.53. The molecule has 2 aliphatic heterocycles. The van der Waals surface area contributed by atoms with E-state index in [4.69, 9.17) is 4.74 Å². The van der Waals surface area contributed by atoms with Gasteiger partial charge in [-0.15, -0.1) is 0 Å². The summed E-state index contributed by atoms with van der Waals surface area (Å²) < 4.78 is 31.8. The molecule has 0 spiro atoms. The highest BCUT2D eigenvalue weighted by atomic mass is 19.1. The predicted octanol–water partition coefficient (Wildman–Crippen LogP) is 1.82. The van der Waals surface area contributed by atoms with Gasteiger partial charge in [0.05, 0.1) is 5.69 Å². The second-order valence-corrected chi connectivity index (χ2v) is 5.87. The maximum absolute atomic E-state index is 13.6. The number of urea groups is 1. The first-order valence-electron chi connectivity index (χ1n) is 7.96. The minimum atomic E-state index is -0.824. The number of anilines is 1. The third-order valence-corrected chi connectivity index (χ3v) is 4.26. The molecule has 24 heavy (non-hydrogen) atoms. The molecule has 8 heteroatoms. The van der Waals surface area contributed by atoms with E-state index in [-0.39, 0.29) is 17.7 Å². The van der Waals surface area contributed by atoms with Gasteiger partial charge in [0.1, 0.15) is 17.7 Å². The van der Waals surface area contributed by atoms with Crippen molar-refractivity contribution in [2.24, 2.45) is 0 Å². The Labute approximate surface area is 138 Å². The van der Waals surface area contributed by atoms with E-state index >= 15 is 0 Å². The Kier molecular flexibility index (Phi) is 4.94. The molecule has 0 unspecified atom stereocenters. The normalized spacial score (nSPS) is 21.0. The number of halogens is 2. The van der Waals surface area contributed by atoms with Crippen LogP contribution in [-0.4, -0.2) is 60.6 Å². The Balaban J connectivity index is 1.52. The molecule has 0 saturated carbocycles. The third kappa shape index (κ3) is 3.64. The Morgan fingerprint density at radius 1 is 1.12 bits per heavy atom. The van der Waals surface area contributed by atoms with Gasteiger partial charge in [0, 0.05) is 38.9 Å². The average molecular weight is 339 g/mol. The van der Waals surface area contributed by atoms with Crippen LogP contribution in [0.25, 0.3) is 0 Å². The smallest absolute Gasteiger partial charge is 0.322 e. The highest BCUT2D eigenvalue weighted by Gasteiger charge is 2.31. The fraction of sp³-hybridized carbons (Fsp3) is 0.500. The molecule has 1 N–H and O–H groups in total. The molecule has 6 nitrogen and oxygen atoms in total. The van der Waals surface area contributed by atoms with Crippen molar-refractivity contribution in [2.75, 3.05) is 38.1 Å². The number of piperazine rings is 1. The quantitative estimate of drug-likeness (QED) is 0.894. The monoisotopic (exact) mass is 339 g/mol. The maximum Gasteiger partial charge on any atom is 0.322 e. The lowest BCUT2D eigenvalue weighted by atomic mass is 10.2. The van der Waals surface area contributed by atoms with Crippen molar-refractivity contribution in [3.8, 4) is 0 Å². The zero-order chi connectivity index (χ0) is 17.1. The fourth-order valence-electron chi connectivity index (χ4n) is 2.89. The first-order chi connectivity index (χ1) is 11.5. The van der Waals surface area contributed by atoms with E-state index in [0.717, 1.165) is 18.9 Å². The number of carbonyl (C=O) groups is 2. The van der Waals surface area contributed by atoms with Gasteiger partial charge in [-0.2, -0.15) is 0 Å². The van der Waals surface area contributed by atoms with Crippen LogP contribution in [0, 0.1) is 11.6 Å². The third-order valence-electron chi connectivity index (χ3n) is 4.26. The minimum Gasteiger partial charge on any atom is -0.368 e. The van der Waals surface area contributed by atoms with Gasteiger partial charge >= 0.3 is 6.03 Å². The molecule has 1 aromatic carbocycles. The SMILES string of the molecule is O=C(Nc1ccc(F)cc1F)N1CCN(C(=O)[C@@H]2CCCO2)CC1. The van der Waals surface area contributed by atoms with Crippen LogP contribution in [0.3, 0.4) is 0 Å². The number of nitrogens with one attached hydrogen (secondary N) is 1. The second-order valence-electron chi connectivity index (χ2n) is 5.87. The molecule has 2 saturated heterocycles. The standard InChI is InChI=1S/C16H19F2N3O3/c17-11-3-4-13(12(18)10-11)19-16(23)21-7-5-20(6-8-21)15(22)14-2-1-9-24-14/h3-4,10,14H,1-2,5-9H2,(H,19,23)/t14-/m0/s1. The molecule has 0 aliphatic carbocycles. The summed E-state index contributed by atoms with van der Waals surface area (Å²) in [5.41, 5.74) is -0.0701. The second kappa shape index (κ2) is 7.12. The van der Waals surface area contributed by atoms with Gasteiger partial charge in [-0.3, -0.25) is 4.79 Å². The molecule has 0 aromatic heterocycles. The Morgan fingerprint density at radius 2 is 1.83 bits per heavy atom. The molecule has 1 atom stereocenters. The van der Waals surface area contributed by atoms with Crippen molar-refractivity contribution < 1.29 is 23.1 Å². The molecule has 2 aliphatic rings. The van der Waals surface area contributed by atoms with Crippen LogP contribution in [0.15, 0.2) is 18.2 Å². The number of nitrogens with zero attached hydrogens (tertiary/aromatic N) is 2. The molecule has 0 bridgehead atoms. The van der Waals surface area contributed by atoms with E-state index in [1.54, 1.807) is 4.90 Å². The van der Waals surface area contributed by atoms with Crippen molar-refractivity contribution in [3.63, 3.8) is 0 Å². The lowest BCUT2D eigenvalue weighted by Gasteiger charge is -2.35. The van der Waals surface area contributed by atoms with E-state index < -0.39 is 17.7 Å². The maximum atomic E-state index is 13.6. The van der Waals surface area contributed by atoms with Gasteiger partial charge in [0.2, 0.25) is 0 Å². The average Bonchev–Trinajstić information content (AvgIpc) is 3.11. The first-order valence-corrected chi connectivity index (χ1v) is 7.96. The number of hydrogen-bond donors (Lipinski definition) is 1. The van der Waals surface area contributed by atoms with Gasteiger partial charge in [0.15, 0.2) is 0 Å². The number of amides is 3. The van der Waals surface area contributed by atoms with Crippen LogP contribution in [0.2, 0.25) is 0 Å². The number of rotatable bonds is 2.